The molecule has 2 heterocycles. The Balaban J connectivity index is 0.00000161. The lowest BCUT2D eigenvalue weighted by Crippen LogP contribution is -2.24. The van der Waals surface area contributed by atoms with Crippen LogP contribution in [-0.2, 0) is 6.54 Å². The van der Waals surface area contributed by atoms with Gasteiger partial charge in [-0.25, -0.2) is 4.39 Å². The summed E-state index contributed by atoms with van der Waals surface area (Å²) in [5.74, 6) is 0.533. The normalized spacial score (nSPS) is 18.9. The van der Waals surface area contributed by atoms with Gasteiger partial charge in [-0.1, -0.05) is 6.07 Å². The molecule has 3 nitrogen and oxygen atoms in total. The van der Waals surface area contributed by atoms with Crippen LogP contribution in [0.5, 0.6) is 0 Å². The Morgan fingerprint density at radius 2 is 2.24 bits per heavy atom. The summed E-state index contributed by atoms with van der Waals surface area (Å²) < 4.78 is 13.8. The van der Waals surface area contributed by atoms with Crippen LogP contribution in [-0.4, -0.2) is 36.6 Å². The van der Waals surface area contributed by atoms with Crippen LogP contribution in [0.4, 0.5) is 4.39 Å². The lowest BCUT2D eigenvalue weighted by Gasteiger charge is -2.17. The van der Waals surface area contributed by atoms with E-state index in [1.807, 2.05) is 13.1 Å². The van der Waals surface area contributed by atoms with E-state index in [9.17, 15) is 4.39 Å². The molecule has 0 spiro atoms. The van der Waals surface area contributed by atoms with Crippen molar-refractivity contribution in [3.63, 3.8) is 0 Å². The van der Waals surface area contributed by atoms with Gasteiger partial charge in [0.1, 0.15) is 5.82 Å². The molecule has 1 N–H and O–H groups in total. The van der Waals surface area contributed by atoms with E-state index >= 15 is 0 Å². The molecule has 0 bridgehead atoms. The minimum Gasteiger partial charge on any atom is -0.319 e. The quantitative estimate of drug-likeness (QED) is 0.941. The third-order valence-corrected chi connectivity index (χ3v) is 4.06. The molecule has 1 aliphatic rings. The number of rotatable bonds is 4. The zero-order valence-electron chi connectivity index (χ0n) is 12.2. The van der Waals surface area contributed by atoms with Crippen LogP contribution < -0.4 is 5.32 Å². The maximum absolute atomic E-state index is 13.8. The van der Waals surface area contributed by atoms with Gasteiger partial charge in [0.2, 0.25) is 0 Å². The summed E-state index contributed by atoms with van der Waals surface area (Å²) in [7, 11) is 2.00. The summed E-state index contributed by atoms with van der Waals surface area (Å²) in [4.78, 5) is 6.79. The Bertz CT molecular complexity index is 605. The second-order valence-electron chi connectivity index (χ2n) is 5.55. The summed E-state index contributed by atoms with van der Waals surface area (Å²) in [6.45, 7) is 4.14. The van der Waals surface area contributed by atoms with Crippen LogP contribution in [0.3, 0.4) is 0 Å². The molecular weight excluding hydrogens is 289 g/mol. The van der Waals surface area contributed by atoms with E-state index in [0.29, 0.717) is 5.39 Å². The average molecular weight is 310 g/mol. The van der Waals surface area contributed by atoms with Crippen LogP contribution in [0.15, 0.2) is 30.5 Å². The molecule has 1 fully saturated rings. The molecule has 0 aliphatic carbocycles. The molecule has 0 amide bonds. The van der Waals surface area contributed by atoms with E-state index in [-0.39, 0.29) is 18.2 Å². The fourth-order valence-corrected chi connectivity index (χ4v) is 3.08. The molecule has 0 saturated carbocycles. The Morgan fingerprint density at radius 1 is 1.38 bits per heavy atom. The van der Waals surface area contributed by atoms with E-state index in [0.717, 1.165) is 43.2 Å². The number of hydrogen-bond acceptors (Lipinski definition) is 3. The predicted octanol–water partition coefficient (Wildman–Crippen LogP) is 2.84. The molecule has 0 radical (unpaired) electrons. The molecule has 1 aliphatic heterocycles. The van der Waals surface area contributed by atoms with Gasteiger partial charge in [-0.15, -0.1) is 12.4 Å². The molecule has 1 aromatic heterocycles. The third-order valence-electron chi connectivity index (χ3n) is 4.06. The van der Waals surface area contributed by atoms with Gasteiger partial charge < -0.3 is 5.32 Å². The van der Waals surface area contributed by atoms with Gasteiger partial charge >= 0.3 is 0 Å². The van der Waals surface area contributed by atoms with Gasteiger partial charge in [0.05, 0.1) is 5.52 Å². The maximum Gasteiger partial charge on any atom is 0.132 e. The maximum atomic E-state index is 13.8. The van der Waals surface area contributed by atoms with Crippen LogP contribution in [0.25, 0.3) is 10.9 Å². The number of likely N-dealkylation sites (tertiary alicyclic amines) is 1. The van der Waals surface area contributed by atoms with Crippen molar-refractivity contribution >= 4 is 23.3 Å². The molecule has 21 heavy (non-hydrogen) atoms. The number of aromatic nitrogens is 1. The van der Waals surface area contributed by atoms with Gasteiger partial charge in [0.25, 0.3) is 0 Å². The number of nitrogens with zero attached hydrogens (tertiary/aromatic N) is 2. The number of fused-ring (bicyclic) bond motifs is 1. The molecule has 5 heteroatoms. The molecule has 114 valence electrons. The van der Waals surface area contributed by atoms with Crippen LogP contribution >= 0.6 is 12.4 Å². The minimum atomic E-state index is -0.189. The highest BCUT2D eigenvalue weighted by Gasteiger charge is 2.22. The van der Waals surface area contributed by atoms with Gasteiger partial charge in [-0.3, -0.25) is 9.88 Å². The Labute approximate surface area is 131 Å². The molecule has 2 aromatic rings. The first-order chi connectivity index (χ1) is 9.78. The van der Waals surface area contributed by atoms with Crippen molar-refractivity contribution in [1.82, 2.24) is 15.2 Å². The summed E-state index contributed by atoms with van der Waals surface area (Å²) >= 11 is 0. The fourth-order valence-electron chi connectivity index (χ4n) is 3.08. The standard InChI is InChI=1S/C16H20FN3.ClH/c1-18-9-12-6-8-20(10-12)11-13-4-5-15(17)14-3-2-7-19-16(13)14;/h2-5,7,12,18H,6,8-11H2,1H3;1H. The van der Waals surface area contributed by atoms with E-state index in [1.165, 1.54) is 6.42 Å². The number of halogens is 2. The highest BCUT2D eigenvalue weighted by atomic mass is 35.5. The molecule has 1 saturated heterocycles. The first kappa shape index (κ1) is 16.1. The smallest absolute Gasteiger partial charge is 0.132 e. The second kappa shape index (κ2) is 7.16. The van der Waals surface area contributed by atoms with Gasteiger partial charge in [-0.05, 0) is 56.2 Å². The lowest BCUT2D eigenvalue weighted by atomic mass is 10.1. The zero-order chi connectivity index (χ0) is 13.9. The van der Waals surface area contributed by atoms with Crippen LogP contribution in [0.1, 0.15) is 12.0 Å². The lowest BCUT2D eigenvalue weighted by molar-refractivity contribution is 0.316. The Kier molecular flexibility index (Phi) is 5.51. The third kappa shape index (κ3) is 3.51. The highest BCUT2D eigenvalue weighted by molar-refractivity contribution is 5.85. The first-order valence-corrected chi connectivity index (χ1v) is 7.17. The molecule has 1 unspecified atom stereocenters. The first-order valence-electron chi connectivity index (χ1n) is 7.17. The summed E-state index contributed by atoms with van der Waals surface area (Å²) in [5, 5.41) is 3.86. The summed E-state index contributed by atoms with van der Waals surface area (Å²) in [6.07, 6.45) is 2.96. The monoisotopic (exact) mass is 309 g/mol. The fraction of sp³-hybridized carbons (Fsp3) is 0.438. The minimum absolute atomic E-state index is 0. The van der Waals surface area contributed by atoms with E-state index in [4.69, 9.17) is 0 Å². The van der Waals surface area contributed by atoms with Crippen molar-refractivity contribution < 1.29 is 4.39 Å². The molecular formula is C16H21ClFN3. The van der Waals surface area contributed by atoms with Crippen molar-refractivity contribution in [3.8, 4) is 0 Å². The summed E-state index contributed by atoms with van der Waals surface area (Å²) in [6, 6.07) is 7.01. The van der Waals surface area contributed by atoms with Crippen molar-refractivity contribution in [2.75, 3.05) is 26.7 Å². The predicted molar refractivity (Wildman–Crippen MR) is 86.3 cm³/mol. The Morgan fingerprint density at radius 3 is 3.05 bits per heavy atom. The number of benzene rings is 1. The molecule has 1 aromatic carbocycles. The van der Waals surface area contributed by atoms with Crippen molar-refractivity contribution in [2.24, 2.45) is 5.92 Å². The van der Waals surface area contributed by atoms with Crippen molar-refractivity contribution in [1.29, 1.82) is 0 Å². The number of nitrogens with one attached hydrogen (secondary N) is 1. The van der Waals surface area contributed by atoms with Gasteiger partial charge in [0, 0.05) is 24.7 Å². The van der Waals surface area contributed by atoms with E-state index in [1.54, 1.807) is 24.4 Å². The SMILES string of the molecule is CNCC1CCN(Cc2ccc(F)c3cccnc23)C1.Cl. The zero-order valence-corrected chi connectivity index (χ0v) is 13.0. The second-order valence-corrected chi connectivity index (χ2v) is 5.55. The van der Waals surface area contributed by atoms with Crippen molar-refractivity contribution in [3.05, 3.63) is 41.8 Å². The van der Waals surface area contributed by atoms with Crippen molar-refractivity contribution in [2.45, 2.75) is 13.0 Å². The number of hydrogen-bond donors (Lipinski definition) is 1. The Hall–Kier alpha value is -1.23. The number of pyridine rings is 1. The highest BCUT2D eigenvalue weighted by Crippen LogP contribution is 2.23. The van der Waals surface area contributed by atoms with Gasteiger partial charge in [-0.2, -0.15) is 0 Å². The van der Waals surface area contributed by atoms with Crippen LogP contribution in [0.2, 0.25) is 0 Å². The molecule has 1 atom stereocenters. The topological polar surface area (TPSA) is 28.2 Å². The van der Waals surface area contributed by atoms with Crippen LogP contribution in [0, 0.1) is 11.7 Å². The summed E-state index contributed by atoms with van der Waals surface area (Å²) in [5.41, 5.74) is 1.91. The van der Waals surface area contributed by atoms with Gasteiger partial charge in [0.15, 0.2) is 0 Å². The molecule has 3 rings (SSSR count). The average Bonchev–Trinajstić information content (AvgIpc) is 2.90. The van der Waals surface area contributed by atoms with E-state index in [2.05, 4.69) is 15.2 Å². The van der Waals surface area contributed by atoms with E-state index < -0.39 is 0 Å². The largest absolute Gasteiger partial charge is 0.319 e.